The van der Waals surface area contributed by atoms with Gasteiger partial charge < -0.3 is 0 Å². The Morgan fingerprint density at radius 2 is 0.706 bits per heavy atom. The minimum atomic E-state index is -1.52. The van der Waals surface area contributed by atoms with E-state index in [0.717, 1.165) is 33.2 Å². The smallest absolute Gasteiger partial charge is 0.134 e. The predicted molar refractivity (Wildman–Crippen MR) is 172 cm³/mol. The fourth-order valence-corrected chi connectivity index (χ4v) is 16.2. The van der Waals surface area contributed by atoms with Gasteiger partial charge in [-0.15, -0.1) is 34.6 Å². The molecule has 0 aliphatic rings. The Bertz CT molecular complexity index is 654. The Morgan fingerprint density at radius 3 is 0.853 bits per heavy atom. The van der Waals surface area contributed by atoms with Crippen LogP contribution in [0.3, 0.4) is 0 Å². The zero-order valence-corrected chi connectivity index (χ0v) is 29.1. The second kappa shape index (κ2) is 17.2. The molecule has 0 aromatic carbocycles. The minimum absolute atomic E-state index is 0.720. The first kappa shape index (κ1) is 35.9. The number of hydrogen-bond donors (Lipinski definition) is 0. The van der Waals surface area contributed by atoms with Crippen LogP contribution in [0.25, 0.3) is 0 Å². The molecule has 0 aromatic heterocycles. The van der Waals surface area contributed by atoms with Crippen molar-refractivity contribution in [3.63, 3.8) is 0 Å². The molecule has 0 aliphatic heterocycles. The standard InChI is InChI=1S/2C15H28SSi/c2*1-12(2)17(13(3)4,14(5)6)11-9-10-15(7)16-8/h2*10,12-14H,1-8H3/b2*15-10-. The maximum atomic E-state index is 3.70. The van der Waals surface area contributed by atoms with Gasteiger partial charge in [0.25, 0.3) is 0 Å². The molecule has 0 fully saturated rings. The maximum Gasteiger partial charge on any atom is 0.146 e. The van der Waals surface area contributed by atoms with Crippen LogP contribution >= 0.6 is 23.5 Å². The Kier molecular flexibility index (Phi) is 18.2. The topological polar surface area (TPSA) is 0 Å². The highest BCUT2D eigenvalue weighted by Crippen LogP contribution is 2.41. The van der Waals surface area contributed by atoms with E-state index in [1.807, 2.05) is 0 Å². The van der Waals surface area contributed by atoms with Crippen molar-refractivity contribution in [2.45, 2.75) is 130 Å². The summed E-state index contributed by atoms with van der Waals surface area (Å²) in [5.41, 5.74) is 11.7. The Hall–Kier alpha value is -0.266. The predicted octanol–water partition coefficient (Wildman–Crippen LogP) is 10.9. The fraction of sp³-hybridized carbons (Fsp3) is 0.733. The summed E-state index contributed by atoms with van der Waals surface area (Å²) in [6.45, 7) is 32.5. The molecule has 0 atom stereocenters. The number of rotatable bonds is 8. The van der Waals surface area contributed by atoms with Crippen LogP contribution in [0.5, 0.6) is 0 Å². The van der Waals surface area contributed by atoms with Crippen molar-refractivity contribution in [2.75, 3.05) is 12.5 Å². The van der Waals surface area contributed by atoms with Gasteiger partial charge in [0.15, 0.2) is 0 Å². The van der Waals surface area contributed by atoms with E-state index in [9.17, 15) is 0 Å². The van der Waals surface area contributed by atoms with Gasteiger partial charge in [0.2, 0.25) is 0 Å². The monoisotopic (exact) mass is 536 g/mol. The molecule has 0 amide bonds. The molecule has 0 heterocycles. The first-order valence-corrected chi connectivity index (χ1v) is 20.0. The SMILES string of the molecule is CS/C(C)=C\C#C[Si](C(C)C)(C(C)C)C(C)C.CS/C(C)=C\C#C[Si](C(C)C)(C(C)C)C(C)C. The first-order valence-electron chi connectivity index (χ1n) is 13.0. The largest absolute Gasteiger partial charge is 0.146 e. The van der Waals surface area contributed by atoms with E-state index in [4.69, 9.17) is 0 Å². The summed E-state index contributed by atoms with van der Waals surface area (Å²) in [6.07, 6.45) is 8.37. The van der Waals surface area contributed by atoms with E-state index >= 15 is 0 Å². The molecule has 196 valence electrons. The number of allylic oxidation sites excluding steroid dienone is 4. The van der Waals surface area contributed by atoms with Gasteiger partial charge in [0.1, 0.15) is 16.1 Å². The summed E-state index contributed by atoms with van der Waals surface area (Å²) < 4.78 is 0. The van der Waals surface area contributed by atoms with Crippen molar-refractivity contribution >= 4 is 39.7 Å². The summed E-state index contributed by atoms with van der Waals surface area (Å²) in [4.78, 5) is 2.60. The van der Waals surface area contributed by atoms with E-state index in [2.05, 4.69) is 145 Å². The van der Waals surface area contributed by atoms with Crippen LogP contribution in [-0.4, -0.2) is 28.7 Å². The summed E-state index contributed by atoms with van der Waals surface area (Å²) >= 11 is 3.55. The van der Waals surface area contributed by atoms with Crippen molar-refractivity contribution in [3.05, 3.63) is 22.0 Å². The molecule has 0 saturated heterocycles. The van der Waals surface area contributed by atoms with E-state index in [-0.39, 0.29) is 0 Å². The van der Waals surface area contributed by atoms with Crippen molar-refractivity contribution in [2.24, 2.45) is 0 Å². The molecule has 0 bridgehead atoms. The lowest BCUT2D eigenvalue weighted by atomic mass is 10.5. The second-order valence-electron chi connectivity index (χ2n) is 11.3. The van der Waals surface area contributed by atoms with Gasteiger partial charge in [-0.25, -0.2) is 0 Å². The molecule has 0 aliphatic carbocycles. The molecule has 0 saturated carbocycles. The highest BCUT2D eigenvalue weighted by molar-refractivity contribution is 8.02. The van der Waals surface area contributed by atoms with Gasteiger partial charge in [-0.05, 0) is 81.6 Å². The van der Waals surface area contributed by atoms with Crippen molar-refractivity contribution in [1.82, 2.24) is 0 Å². The maximum absolute atomic E-state index is 3.70. The molecule has 34 heavy (non-hydrogen) atoms. The lowest BCUT2D eigenvalue weighted by Gasteiger charge is -2.38. The van der Waals surface area contributed by atoms with Crippen molar-refractivity contribution in [3.8, 4) is 22.9 Å². The van der Waals surface area contributed by atoms with Crippen LogP contribution in [0.15, 0.2) is 22.0 Å². The highest BCUT2D eigenvalue weighted by atomic mass is 32.2. The van der Waals surface area contributed by atoms with Crippen LogP contribution in [0.4, 0.5) is 0 Å². The van der Waals surface area contributed by atoms with Gasteiger partial charge in [0.05, 0.1) is 0 Å². The van der Waals surface area contributed by atoms with Gasteiger partial charge in [-0.3, -0.25) is 0 Å². The Balaban J connectivity index is 0. The van der Waals surface area contributed by atoms with Crippen LogP contribution < -0.4 is 0 Å². The minimum Gasteiger partial charge on any atom is -0.134 e. The molecule has 0 N–H and O–H groups in total. The molecule has 0 aromatic rings. The van der Waals surface area contributed by atoms with Crippen molar-refractivity contribution in [1.29, 1.82) is 0 Å². The normalized spacial score (nSPS) is 13.2. The van der Waals surface area contributed by atoms with Gasteiger partial charge in [-0.2, -0.15) is 0 Å². The van der Waals surface area contributed by atoms with E-state index in [1.54, 1.807) is 23.5 Å². The first-order chi connectivity index (χ1) is 15.6. The Morgan fingerprint density at radius 1 is 0.500 bits per heavy atom. The third-order valence-corrected chi connectivity index (χ3v) is 21.6. The van der Waals surface area contributed by atoms with E-state index in [1.165, 1.54) is 9.81 Å². The average molecular weight is 537 g/mol. The molecule has 0 rings (SSSR count). The van der Waals surface area contributed by atoms with Crippen LogP contribution in [0.1, 0.15) is 96.9 Å². The molecular formula is C30H56S2Si2. The molecule has 0 radical (unpaired) electrons. The fourth-order valence-electron chi connectivity index (χ4n) is 5.51. The third-order valence-electron chi connectivity index (χ3n) is 7.50. The quantitative estimate of drug-likeness (QED) is 0.223. The summed E-state index contributed by atoms with van der Waals surface area (Å²) in [5, 5.41) is 0. The lowest BCUT2D eigenvalue weighted by molar-refractivity contribution is 0.838. The highest BCUT2D eigenvalue weighted by Gasteiger charge is 2.42. The van der Waals surface area contributed by atoms with Crippen molar-refractivity contribution < 1.29 is 0 Å². The second-order valence-corrected chi connectivity index (χ2v) is 24.5. The number of thioether (sulfide) groups is 2. The lowest BCUT2D eigenvalue weighted by Crippen LogP contribution is -2.43. The van der Waals surface area contributed by atoms with Crippen LogP contribution in [0, 0.1) is 22.9 Å². The van der Waals surface area contributed by atoms with Gasteiger partial charge in [0, 0.05) is 0 Å². The average Bonchev–Trinajstić information content (AvgIpc) is 2.72. The van der Waals surface area contributed by atoms with Crippen LogP contribution in [0.2, 0.25) is 33.2 Å². The van der Waals surface area contributed by atoms with E-state index in [0.29, 0.717) is 0 Å². The summed E-state index contributed by atoms with van der Waals surface area (Å²) in [6, 6.07) is 0. The van der Waals surface area contributed by atoms with Gasteiger partial charge in [-0.1, -0.05) is 94.9 Å². The number of hydrogen-bond acceptors (Lipinski definition) is 2. The summed E-state index contributed by atoms with van der Waals surface area (Å²) in [5.74, 6) is 6.70. The summed E-state index contributed by atoms with van der Waals surface area (Å²) in [7, 11) is -3.04. The molecular weight excluding hydrogens is 481 g/mol. The zero-order valence-electron chi connectivity index (χ0n) is 25.4. The molecule has 0 unspecified atom stereocenters. The zero-order chi connectivity index (χ0) is 27.3. The van der Waals surface area contributed by atoms with E-state index < -0.39 is 16.1 Å². The van der Waals surface area contributed by atoms with Crippen LogP contribution in [-0.2, 0) is 0 Å². The van der Waals surface area contributed by atoms with Gasteiger partial charge >= 0.3 is 0 Å². The molecule has 0 spiro atoms. The Labute approximate surface area is 226 Å². The third kappa shape index (κ3) is 10.4. The molecule has 4 heteroatoms. The molecule has 0 nitrogen and oxygen atoms in total.